The Morgan fingerprint density at radius 3 is 2.62 bits per heavy atom. The van der Waals surface area contributed by atoms with Gasteiger partial charge in [0.15, 0.2) is 0 Å². The number of nitrogen functional groups attached to an aromatic ring is 1. The maximum absolute atomic E-state index is 11.6. The van der Waals surface area contributed by atoms with Crippen LogP contribution in [-0.2, 0) is 14.1 Å². The first-order chi connectivity index (χ1) is 6.11. The molecule has 0 spiro atoms. The molecule has 2 N–H and O–H groups in total. The Morgan fingerprint density at radius 2 is 1.92 bits per heavy atom. The van der Waals surface area contributed by atoms with Crippen molar-refractivity contribution in [1.29, 1.82) is 0 Å². The van der Waals surface area contributed by atoms with Crippen molar-refractivity contribution in [3.8, 4) is 0 Å². The quantitative estimate of drug-likeness (QED) is 0.594. The van der Waals surface area contributed by atoms with Crippen LogP contribution in [0.15, 0.2) is 23.0 Å². The van der Waals surface area contributed by atoms with Crippen LogP contribution in [0, 0.1) is 0 Å². The van der Waals surface area contributed by atoms with Crippen molar-refractivity contribution in [2.75, 3.05) is 5.73 Å². The van der Waals surface area contributed by atoms with Crippen molar-refractivity contribution in [1.82, 2.24) is 9.36 Å². The topological polar surface area (TPSA) is 52.9 Å². The molecule has 0 atom stereocenters. The molecule has 4 heteroatoms. The van der Waals surface area contributed by atoms with Crippen molar-refractivity contribution in [3.63, 3.8) is 0 Å². The maximum Gasteiger partial charge on any atom is 0.274 e. The lowest BCUT2D eigenvalue weighted by molar-refractivity contribution is 0.595. The Morgan fingerprint density at radius 1 is 1.23 bits per heavy atom. The predicted octanol–water partition coefficient (Wildman–Crippen LogP) is 0.459. The van der Waals surface area contributed by atoms with Crippen molar-refractivity contribution < 1.29 is 0 Å². The lowest BCUT2D eigenvalue weighted by atomic mass is 10.2. The zero-order valence-electron chi connectivity index (χ0n) is 7.61. The molecule has 68 valence electrons. The molecule has 0 amide bonds. The number of aryl methyl sites for hydroxylation is 1. The summed E-state index contributed by atoms with van der Waals surface area (Å²) in [5.74, 6) is 0. The molecule has 1 aromatic carbocycles. The fraction of sp³-hybridized carbons (Fsp3) is 0.222. The molecular weight excluding hydrogens is 166 g/mol. The Hall–Kier alpha value is -1.71. The summed E-state index contributed by atoms with van der Waals surface area (Å²) >= 11 is 0. The second-order valence-electron chi connectivity index (χ2n) is 3.13. The SMILES string of the molecule is Cn1c(=O)c2cc(N)ccc2n1C. The van der Waals surface area contributed by atoms with Gasteiger partial charge in [0.05, 0.1) is 10.9 Å². The van der Waals surface area contributed by atoms with Gasteiger partial charge < -0.3 is 5.73 Å². The number of nitrogens with zero attached hydrogens (tertiary/aromatic N) is 2. The number of benzene rings is 1. The standard InChI is InChI=1S/C9H11N3O/c1-11-8-4-3-6(10)5-7(8)9(13)12(11)2/h3-5H,10H2,1-2H3. The fourth-order valence-electron chi connectivity index (χ4n) is 1.48. The number of hydrogen-bond acceptors (Lipinski definition) is 2. The van der Waals surface area contributed by atoms with E-state index in [4.69, 9.17) is 5.73 Å². The van der Waals surface area contributed by atoms with E-state index in [1.54, 1.807) is 28.5 Å². The summed E-state index contributed by atoms with van der Waals surface area (Å²) in [4.78, 5) is 11.6. The van der Waals surface area contributed by atoms with Gasteiger partial charge in [-0.05, 0) is 18.2 Å². The van der Waals surface area contributed by atoms with E-state index < -0.39 is 0 Å². The summed E-state index contributed by atoms with van der Waals surface area (Å²) in [5, 5.41) is 0.671. The summed E-state index contributed by atoms with van der Waals surface area (Å²) in [6, 6.07) is 5.35. The smallest absolute Gasteiger partial charge is 0.274 e. The van der Waals surface area contributed by atoms with E-state index in [2.05, 4.69) is 0 Å². The van der Waals surface area contributed by atoms with E-state index in [-0.39, 0.29) is 5.56 Å². The Bertz CT molecular complexity index is 521. The van der Waals surface area contributed by atoms with Gasteiger partial charge in [-0.2, -0.15) is 0 Å². The van der Waals surface area contributed by atoms with Crippen LogP contribution in [0.5, 0.6) is 0 Å². The van der Waals surface area contributed by atoms with E-state index in [0.717, 1.165) is 5.52 Å². The molecule has 0 saturated heterocycles. The van der Waals surface area contributed by atoms with Gasteiger partial charge in [-0.1, -0.05) is 0 Å². The Labute approximate surface area is 75.2 Å². The first kappa shape index (κ1) is 7.91. The van der Waals surface area contributed by atoms with Crippen LogP contribution in [0.4, 0.5) is 5.69 Å². The van der Waals surface area contributed by atoms with Gasteiger partial charge >= 0.3 is 0 Å². The Balaban J connectivity index is 3.04. The molecule has 0 bridgehead atoms. The number of nitrogens with two attached hydrogens (primary N) is 1. The third kappa shape index (κ3) is 0.950. The summed E-state index contributed by atoms with van der Waals surface area (Å²) in [7, 11) is 3.58. The van der Waals surface area contributed by atoms with Crippen molar-refractivity contribution in [3.05, 3.63) is 28.6 Å². The molecule has 1 aromatic heterocycles. The highest BCUT2D eigenvalue weighted by Gasteiger charge is 2.06. The summed E-state index contributed by atoms with van der Waals surface area (Å²) in [6.07, 6.45) is 0. The van der Waals surface area contributed by atoms with Crippen molar-refractivity contribution in [2.24, 2.45) is 14.1 Å². The molecule has 0 saturated carbocycles. The molecule has 0 aliphatic heterocycles. The minimum Gasteiger partial charge on any atom is -0.399 e. The van der Waals surface area contributed by atoms with Crippen LogP contribution in [0.25, 0.3) is 10.9 Å². The molecule has 4 nitrogen and oxygen atoms in total. The zero-order valence-corrected chi connectivity index (χ0v) is 7.61. The van der Waals surface area contributed by atoms with Gasteiger partial charge in [-0.3, -0.25) is 14.2 Å². The second-order valence-corrected chi connectivity index (χ2v) is 3.13. The van der Waals surface area contributed by atoms with E-state index in [9.17, 15) is 4.79 Å². The highest BCUT2D eigenvalue weighted by Crippen LogP contribution is 2.13. The molecule has 1 heterocycles. The van der Waals surface area contributed by atoms with Gasteiger partial charge in [0.2, 0.25) is 0 Å². The van der Waals surface area contributed by atoms with Crippen LogP contribution in [0.2, 0.25) is 0 Å². The second kappa shape index (κ2) is 2.39. The number of aromatic nitrogens is 2. The van der Waals surface area contributed by atoms with E-state index in [0.29, 0.717) is 11.1 Å². The number of fused-ring (bicyclic) bond motifs is 1. The molecule has 2 rings (SSSR count). The normalized spacial score (nSPS) is 10.9. The van der Waals surface area contributed by atoms with Gasteiger partial charge in [0.1, 0.15) is 0 Å². The fourth-order valence-corrected chi connectivity index (χ4v) is 1.48. The average molecular weight is 177 g/mol. The van der Waals surface area contributed by atoms with Crippen molar-refractivity contribution in [2.45, 2.75) is 0 Å². The van der Waals surface area contributed by atoms with Gasteiger partial charge in [-0.15, -0.1) is 0 Å². The van der Waals surface area contributed by atoms with E-state index in [1.807, 2.05) is 13.1 Å². The monoisotopic (exact) mass is 177 g/mol. The number of rotatable bonds is 0. The van der Waals surface area contributed by atoms with Gasteiger partial charge in [0.25, 0.3) is 5.56 Å². The Kier molecular flexibility index (Phi) is 1.45. The van der Waals surface area contributed by atoms with E-state index in [1.165, 1.54) is 0 Å². The third-order valence-corrected chi connectivity index (χ3v) is 2.34. The maximum atomic E-state index is 11.6. The van der Waals surface area contributed by atoms with Crippen LogP contribution in [-0.4, -0.2) is 9.36 Å². The van der Waals surface area contributed by atoms with Crippen molar-refractivity contribution >= 4 is 16.6 Å². The lowest BCUT2D eigenvalue weighted by Gasteiger charge is -1.99. The average Bonchev–Trinajstić information content (AvgIpc) is 2.32. The molecule has 0 aliphatic rings. The first-order valence-corrected chi connectivity index (χ1v) is 4.02. The number of hydrogen-bond donors (Lipinski definition) is 1. The van der Waals surface area contributed by atoms with Crippen LogP contribution >= 0.6 is 0 Å². The highest BCUT2D eigenvalue weighted by atomic mass is 16.1. The van der Waals surface area contributed by atoms with Gasteiger partial charge in [0, 0.05) is 19.8 Å². The minimum atomic E-state index is -0.00944. The minimum absolute atomic E-state index is 0.00944. The van der Waals surface area contributed by atoms with Gasteiger partial charge in [-0.25, -0.2) is 0 Å². The molecule has 0 unspecified atom stereocenters. The molecular formula is C9H11N3O. The summed E-state index contributed by atoms with van der Waals surface area (Å²) in [5.41, 5.74) is 7.11. The molecule has 0 radical (unpaired) electrons. The third-order valence-electron chi connectivity index (χ3n) is 2.34. The number of anilines is 1. The summed E-state index contributed by atoms with van der Waals surface area (Å²) < 4.78 is 3.36. The molecule has 0 fully saturated rings. The molecule has 13 heavy (non-hydrogen) atoms. The van der Waals surface area contributed by atoms with Crippen LogP contribution in [0.1, 0.15) is 0 Å². The predicted molar refractivity (Wildman–Crippen MR) is 52.6 cm³/mol. The van der Waals surface area contributed by atoms with E-state index >= 15 is 0 Å². The largest absolute Gasteiger partial charge is 0.399 e. The molecule has 0 aliphatic carbocycles. The zero-order chi connectivity index (χ0) is 9.59. The molecule has 2 aromatic rings. The lowest BCUT2D eigenvalue weighted by Crippen LogP contribution is -2.16. The van der Waals surface area contributed by atoms with Crippen LogP contribution < -0.4 is 11.3 Å². The van der Waals surface area contributed by atoms with Crippen LogP contribution in [0.3, 0.4) is 0 Å². The first-order valence-electron chi connectivity index (χ1n) is 4.02. The summed E-state index contributed by atoms with van der Waals surface area (Å²) in [6.45, 7) is 0. The highest BCUT2D eigenvalue weighted by molar-refractivity contribution is 5.81.